The molecule has 0 aliphatic carbocycles. The monoisotopic (exact) mass is 246 g/mol. The van der Waals surface area contributed by atoms with Crippen molar-refractivity contribution >= 4 is 16.9 Å². The molecule has 0 saturated heterocycles. The maximum Gasteiger partial charge on any atom is 0.218 e. The minimum absolute atomic E-state index is 0.0850. The fourth-order valence-electron chi connectivity index (χ4n) is 2.05. The molecule has 2 aromatic rings. The number of nitrogens with two attached hydrogens (primary N) is 1. The van der Waals surface area contributed by atoms with Crippen molar-refractivity contribution in [2.45, 2.75) is 19.4 Å². The molecule has 1 aromatic heterocycles. The van der Waals surface area contributed by atoms with Gasteiger partial charge in [0.25, 0.3) is 0 Å². The van der Waals surface area contributed by atoms with Gasteiger partial charge in [0.1, 0.15) is 5.82 Å². The molecule has 96 valence electrons. The Morgan fingerprint density at radius 3 is 2.89 bits per heavy atom. The lowest BCUT2D eigenvalue weighted by molar-refractivity contribution is -0.117. The highest BCUT2D eigenvalue weighted by molar-refractivity contribution is 5.76. The Balaban J connectivity index is 2.15. The second kappa shape index (κ2) is 5.18. The molecule has 3 N–H and O–H groups in total. The highest BCUT2D eigenvalue weighted by Gasteiger charge is 2.13. The SMILES string of the molecule is CC(NCCC(N)=O)c1nc2ccccc2n1C. The largest absolute Gasteiger partial charge is 0.370 e. The molecule has 0 radical (unpaired) electrons. The number of aryl methyl sites for hydroxylation is 1. The molecule has 1 amide bonds. The Kier molecular flexibility index (Phi) is 3.62. The zero-order valence-corrected chi connectivity index (χ0v) is 10.7. The predicted octanol–water partition coefficient (Wildman–Crippen LogP) is 1.10. The molecule has 0 saturated carbocycles. The number of benzene rings is 1. The highest BCUT2D eigenvalue weighted by Crippen LogP contribution is 2.18. The van der Waals surface area contributed by atoms with Crippen molar-refractivity contribution in [3.8, 4) is 0 Å². The summed E-state index contributed by atoms with van der Waals surface area (Å²) in [5, 5.41) is 3.25. The third-order valence-corrected chi connectivity index (χ3v) is 3.03. The molecule has 1 aromatic carbocycles. The first-order chi connectivity index (χ1) is 8.59. The second-order valence-corrected chi connectivity index (χ2v) is 4.41. The van der Waals surface area contributed by atoms with E-state index in [4.69, 9.17) is 5.73 Å². The number of hydrogen-bond donors (Lipinski definition) is 2. The maximum atomic E-state index is 10.7. The van der Waals surface area contributed by atoms with Gasteiger partial charge in [0, 0.05) is 20.0 Å². The fraction of sp³-hybridized carbons (Fsp3) is 0.385. The van der Waals surface area contributed by atoms with Crippen LogP contribution in [0, 0.1) is 0 Å². The number of hydrogen-bond acceptors (Lipinski definition) is 3. The molecule has 0 spiro atoms. The number of nitrogens with zero attached hydrogens (tertiary/aromatic N) is 2. The fourth-order valence-corrected chi connectivity index (χ4v) is 2.05. The first-order valence-corrected chi connectivity index (χ1v) is 6.02. The summed E-state index contributed by atoms with van der Waals surface area (Å²) in [6.07, 6.45) is 0.342. The Morgan fingerprint density at radius 2 is 2.22 bits per heavy atom. The standard InChI is InChI=1S/C13H18N4O/c1-9(15-8-7-12(14)18)13-16-10-5-3-4-6-11(10)17(13)2/h3-6,9,15H,7-8H2,1-2H3,(H2,14,18). The number of aromatic nitrogens is 2. The van der Waals surface area contributed by atoms with Crippen LogP contribution < -0.4 is 11.1 Å². The second-order valence-electron chi connectivity index (χ2n) is 4.41. The Bertz CT molecular complexity index is 561. The van der Waals surface area contributed by atoms with E-state index in [1.807, 2.05) is 38.2 Å². The first kappa shape index (κ1) is 12.6. The summed E-state index contributed by atoms with van der Waals surface area (Å²) >= 11 is 0. The smallest absolute Gasteiger partial charge is 0.218 e. The van der Waals surface area contributed by atoms with E-state index in [-0.39, 0.29) is 11.9 Å². The highest BCUT2D eigenvalue weighted by atomic mass is 16.1. The van der Waals surface area contributed by atoms with E-state index < -0.39 is 0 Å². The van der Waals surface area contributed by atoms with E-state index in [0.29, 0.717) is 13.0 Å². The molecule has 0 aliphatic rings. The zero-order chi connectivity index (χ0) is 13.1. The molecule has 1 atom stereocenters. The number of nitrogens with one attached hydrogen (secondary N) is 1. The topological polar surface area (TPSA) is 72.9 Å². The minimum atomic E-state index is -0.292. The number of primary amides is 1. The number of carbonyl (C=O) groups excluding carboxylic acids is 1. The van der Waals surface area contributed by atoms with Crippen LogP contribution in [-0.2, 0) is 11.8 Å². The molecule has 18 heavy (non-hydrogen) atoms. The summed E-state index contributed by atoms with van der Waals surface area (Å²) in [7, 11) is 2.00. The Labute approximate surface area is 106 Å². The number of fused-ring (bicyclic) bond motifs is 1. The molecule has 1 unspecified atom stereocenters. The van der Waals surface area contributed by atoms with Crippen LogP contribution in [0.4, 0.5) is 0 Å². The molecule has 0 fully saturated rings. The van der Waals surface area contributed by atoms with Crippen molar-refractivity contribution in [2.24, 2.45) is 12.8 Å². The lowest BCUT2D eigenvalue weighted by Crippen LogP contribution is -2.26. The van der Waals surface area contributed by atoms with E-state index in [9.17, 15) is 4.79 Å². The summed E-state index contributed by atoms with van der Waals surface area (Å²) in [4.78, 5) is 15.3. The van der Waals surface area contributed by atoms with Gasteiger partial charge in [-0.05, 0) is 19.1 Å². The van der Waals surface area contributed by atoms with E-state index in [0.717, 1.165) is 16.9 Å². The van der Waals surface area contributed by atoms with Gasteiger partial charge in [-0.1, -0.05) is 12.1 Å². The third kappa shape index (κ3) is 2.51. The summed E-state index contributed by atoms with van der Waals surface area (Å²) in [5.41, 5.74) is 7.20. The average Bonchev–Trinajstić information content (AvgIpc) is 2.67. The molecule has 5 heteroatoms. The Morgan fingerprint density at radius 1 is 1.50 bits per heavy atom. The summed E-state index contributed by atoms with van der Waals surface area (Å²) < 4.78 is 2.07. The van der Waals surface area contributed by atoms with Crippen LogP contribution in [-0.4, -0.2) is 22.0 Å². The van der Waals surface area contributed by atoms with Gasteiger partial charge in [-0.3, -0.25) is 4.79 Å². The Hall–Kier alpha value is -1.88. The van der Waals surface area contributed by atoms with Crippen LogP contribution in [0.15, 0.2) is 24.3 Å². The van der Waals surface area contributed by atoms with Gasteiger partial charge in [-0.15, -0.1) is 0 Å². The quantitative estimate of drug-likeness (QED) is 0.829. The number of carbonyl (C=O) groups is 1. The molecular formula is C13H18N4O. The zero-order valence-electron chi connectivity index (χ0n) is 10.7. The molecule has 1 heterocycles. The normalized spacial score (nSPS) is 12.8. The number of rotatable bonds is 5. The van der Waals surface area contributed by atoms with Crippen molar-refractivity contribution in [3.63, 3.8) is 0 Å². The van der Waals surface area contributed by atoms with Crippen molar-refractivity contribution < 1.29 is 4.79 Å². The van der Waals surface area contributed by atoms with Gasteiger partial charge in [0.15, 0.2) is 0 Å². The van der Waals surface area contributed by atoms with Gasteiger partial charge in [-0.25, -0.2) is 4.98 Å². The minimum Gasteiger partial charge on any atom is -0.370 e. The first-order valence-electron chi connectivity index (χ1n) is 6.02. The van der Waals surface area contributed by atoms with Crippen LogP contribution in [0.3, 0.4) is 0 Å². The van der Waals surface area contributed by atoms with Crippen LogP contribution >= 0.6 is 0 Å². The molecule has 2 rings (SSSR count). The lowest BCUT2D eigenvalue weighted by atomic mass is 10.3. The van der Waals surface area contributed by atoms with E-state index in [2.05, 4.69) is 14.9 Å². The predicted molar refractivity (Wildman–Crippen MR) is 70.9 cm³/mol. The van der Waals surface area contributed by atoms with Gasteiger partial charge in [0.05, 0.1) is 17.1 Å². The number of para-hydroxylation sites is 2. The molecule has 0 aliphatic heterocycles. The molecular weight excluding hydrogens is 228 g/mol. The van der Waals surface area contributed by atoms with Gasteiger partial charge < -0.3 is 15.6 Å². The number of imidazole rings is 1. The lowest BCUT2D eigenvalue weighted by Gasteiger charge is -2.13. The van der Waals surface area contributed by atoms with Gasteiger partial charge in [-0.2, -0.15) is 0 Å². The van der Waals surface area contributed by atoms with E-state index in [1.54, 1.807) is 0 Å². The summed E-state index contributed by atoms with van der Waals surface area (Å²) in [6.45, 7) is 2.60. The maximum absolute atomic E-state index is 10.7. The van der Waals surface area contributed by atoms with Crippen molar-refractivity contribution in [3.05, 3.63) is 30.1 Å². The van der Waals surface area contributed by atoms with Crippen LogP contribution in [0.25, 0.3) is 11.0 Å². The van der Waals surface area contributed by atoms with E-state index >= 15 is 0 Å². The van der Waals surface area contributed by atoms with E-state index in [1.165, 1.54) is 0 Å². The van der Waals surface area contributed by atoms with Crippen LogP contribution in [0.1, 0.15) is 25.2 Å². The third-order valence-electron chi connectivity index (χ3n) is 3.03. The number of amides is 1. The van der Waals surface area contributed by atoms with Gasteiger partial charge >= 0.3 is 0 Å². The van der Waals surface area contributed by atoms with Crippen LogP contribution in [0.5, 0.6) is 0 Å². The summed E-state index contributed by atoms with van der Waals surface area (Å²) in [6, 6.07) is 8.10. The van der Waals surface area contributed by atoms with Gasteiger partial charge in [0.2, 0.25) is 5.91 Å². The van der Waals surface area contributed by atoms with Crippen molar-refractivity contribution in [1.82, 2.24) is 14.9 Å². The summed E-state index contributed by atoms with van der Waals surface area (Å²) in [5.74, 6) is 0.667. The van der Waals surface area contributed by atoms with Crippen LogP contribution in [0.2, 0.25) is 0 Å². The molecule has 5 nitrogen and oxygen atoms in total. The molecule has 0 bridgehead atoms. The van der Waals surface area contributed by atoms with Crippen molar-refractivity contribution in [1.29, 1.82) is 0 Å². The average molecular weight is 246 g/mol. The van der Waals surface area contributed by atoms with Crippen molar-refractivity contribution in [2.75, 3.05) is 6.54 Å².